The molecule has 0 radical (unpaired) electrons. The van der Waals surface area contributed by atoms with Gasteiger partial charge in [0.25, 0.3) is 0 Å². The second kappa shape index (κ2) is 6.27. The maximum atomic E-state index is 11.8. The molecule has 0 saturated carbocycles. The van der Waals surface area contributed by atoms with Crippen molar-refractivity contribution in [1.29, 1.82) is 0 Å². The molecule has 1 aromatic rings. The maximum absolute atomic E-state index is 11.8. The van der Waals surface area contributed by atoms with Crippen molar-refractivity contribution in [3.05, 3.63) is 17.5 Å². The van der Waals surface area contributed by atoms with E-state index in [1.165, 1.54) is 11.3 Å². The van der Waals surface area contributed by atoms with E-state index in [0.717, 1.165) is 31.4 Å². The molecule has 1 unspecified atom stereocenters. The average molecular weight is 267 g/mol. The summed E-state index contributed by atoms with van der Waals surface area (Å²) in [5.41, 5.74) is 2.48. The van der Waals surface area contributed by atoms with Gasteiger partial charge in [-0.2, -0.15) is 16.9 Å². The maximum Gasteiger partial charge on any atom is 0.230 e. The Bertz CT molecular complexity index is 416. The van der Waals surface area contributed by atoms with Crippen LogP contribution in [0.1, 0.15) is 43.5 Å². The number of hydrogen-bond acceptors (Lipinski definition) is 3. The summed E-state index contributed by atoms with van der Waals surface area (Å²) in [4.78, 5) is 11.8. The largest absolute Gasteiger partial charge is 0.348 e. The fourth-order valence-corrected chi connectivity index (χ4v) is 3.10. The lowest BCUT2D eigenvalue weighted by molar-refractivity contribution is -0.119. The van der Waals surface area contributed by atoms with Gasteiger partial charge in [0.1, 0.15) is 0 Å². The van der Waals surface area contributed by atoms with Crippen LogP contribution < -0.4 is 5.32 Å². The van der Waals surface area contributed by atoms with Gasteiger partial charge in [0.15, 0.2) is 0 Å². The Labute approximate surface area is 113 Å². The third-order valence-corrected chi connectivity index (χ3v) is 4.46. The van der Waals surface area contributed by atoms with Gasteiger partial charge in [-0.15, -0.1) is 0 Å². The fraction of sp³-hybridized carbons (Fsp3) is 0.692. The molecule has 0 aliphatic heterocycles. The first kappa shape index (κ1) is 13.5. The van der Waals surface area contributed by atoms with Crippen LogP contribution in [0, 0.1) is 0 Å². The number of amides is 1. The van der Waals surface area contributed by atoms with Gasteiger partial charge < -0.3 is 5.32 Å². The lowest BCUT2D eigenvalue weighted by Crippen LogP contribution is -2.32. The highest BCUT2D eigenvalue weighted by Crippen LogP contribution is 2.29. The van der Waals surface area contributed by atoms with Crippen LogP contribution in [0.3, 0.4) is 0 Å². The normalized spacial score (nSPS) is 18.4. The van der Waals surface area contributed by atoms with Crippen molar-refractivity contribution in [2.24, 2.45) is 7.05 Å². The minimum Gasteiger partial charge on any atom is -0.348 e. The van der Waals surface area contributed by atoms with Crippen LogP contribution in [0.4, 0.5) is 0 Å². The smallest absolute Gasteiger partial charge is 0.230 e. The van der Waals surface area contributed by atoms with E-state index < -0.39 is 0 Å². The van der Waals surface area contributed by atoms with Crippen molar-refractivity contribution in [1.82, 2.24) is 15.1 Å². The highest BCUT2D eigenvalue weighted by molar-refractivity contribution is 7.99. The topological polar surface area (TPSA) is 46.9 Å². The van der Waals surface area contributed by atoms with Gasteiger partial charge in [0.2, 0.25) is 5.91 Å². The van der Waals surface area contributed by atoms with Crippen molar-refractivity contribution in [3.8, 4) is 0 Å². The SMILES string of the molecule is CCCSCC(=O)NC1CCCc2c1cnn2C. The predicted molar refractivity (Wildman–Crippen MR) is 74.6 cm³/mol. The van der Waals surface area contributed by atoms with Crippen molar-refractivity contribution >= 4 is 17.7 Å². The summed E-state index contributed by atoms with van der Waals surface area (Å²) in [6.07, 6.45) is 6.25. The third kappa shape index (κ3) is 3.07. The van der Waals surface area contributed by atoms with Crippen molar-refractivity contribution in [2.75, 3.05) is 11.5 Å². The van der Waals surface area contributed by atoms with Gasteiger partial charge in [-0.1, -0.05) is 6.92 Å². The molecule has 1 heterocycles. The van der Waals surface area contributed by atoms with E-state index in [9.17, 15) is 4.79 Å². The van der Waals surface area contributed by atoms with Gasteiger partial charge in [-0.25, -0.2) is 0 Å². The molecule has 18 heavy (non-hydrogen) atoms. The zero-order valence-electron chi connectivity index (χ0n) is 11.1. The number of aryl methyl sites for hydroxylation is 1. The molecular formula is C13H21N3OS. The van der Waals surface area contributed by atoms with Crippen LogP contribution in [0.2, 0.25) is 0 Å². The summed E-state index contributed by atoms with van der Waals surface area (Å²) in [5, 5.41) is 7.43. The molecule has 100 valence electrons. The number of fused-ring (bicyclic) bond motifs is 1. The Balaban J connectivity index is 1.92. The van der Waals surface area contributed by atoms with Crippen molar-refractivity contribution < 1.29 is 4.79 Å². The van der Waals surface area contributed by atoms with Crippen LogP contribution in [0.15, 0.2) is 6.20 Å². The summed E-state index contributed by atoms with van der Waals surface area (Å²) >= 11 is 1.70. The first-order chi connectivity index (χ1) is 8.72. The zero-order chi connectivity index (χ0) is 13.0. The zero-order valence-corrected chi connectivity index (χ0v) is 11.9. The van der Waals surface area contributed by atoms with E-state index in [0.29, 0.717) is 5.75 Å². The van der Waals surface area contributed by atoms with Crippen LogP contribution in [0.5, 0.6) is 0 Å². The quantitative estimate of drug-likeness (QED) is 0.831. The molecule has 1 atom stereocenters. The predicted octanol–water partition coefficient (Wildman–Crippen LogP) is 2.06. The number of rotatable bonds is 5. The van der Waals surface area contributed by atoms with E-state index in [1.54, 1.807) is 11.8 Å². The molecule has 0 aromatic carbocycles. The minimum atomic E-state index is 0.148. The van der Waals surface area contributed by atoms with Crippen LogP contribution in [0.25, 0.3) is 0 Å². The monoisotopic (exact) mass is 267 g/mol. The second-order valence-electron chi connectivity index (χ2n) is 4.74. The Hall–Kier alpha value is -0.970. The summed E-state index contributed by atoms with van der Waals surface area (Å²) < 4.78 is 1.93. The average Bonchev–Trinajstić information content (AvgIpc) is 2.73. The van der Waals surface area contributed by atoms with Crippen molar-refractivity contribution in [2.45, 2.75) is 38.6 Å². The molecule has 5 heteroatoms. The molecule has 1 aliphatic rings. The Morgan fingerprint density at radius 1 is 1.67 bits per heavy atom. The van der Waals surface area contributed by atoms with Crippen molar-refractivity contribution in [3.63, 3.8) is 0 Å². The van der Waals surface area contributed by atoms with Gasteiger partial charge in [-0.3, -0.25) is 9.48 Å². The summed E-state index contributed by atoms with van der Waals surface area (Å²) in [5.74, 6) is 1.77. The molecule has 1 N–H and O–H groups in total. The first-order valence-electron chi connectivity index (χ1n) is 6.60. The lowest BCUT2D eigenvalue weighted by atomic mass is 9.93. The van der Waals surface area contributed by atoms with E-state index in [4.69, 9.17) is 0 Å². The highest BCUT2D eigenvalue weighted by Gasteiger charge is 2.24. The number of nitrogens with zero attached hydrogens (tertiary/aromatic N) is 2. The number of aromatic nitrogens is 2. The number of nitrogens with one attached hydrogen (secondary N) is 1. The van der Waals surface area contributed by atoms with Gasteiger partial charge in [0, 0.05) is 18.3 Å². The molecule has 4 nitrogen and oxygen atoms in total. The Kier molecular flexibility index (Phi) is 4.69. The molecule has 0 fully saturated rings. The Morgan fingerprint density at radius 2 is 2.50 bits per heavy atom. The van der Waals surface area contributed by atoms with Gasteiger partial charge in [0.05, 0.1) is 18.0 Å². The summed E-state index contributed by atoms with van der Waals surface area (Å²) in [6.45, 7) is 2.13. The van der Waals surface area contributed by atoms with E-state index in [2.05, 4.69) is 17.3 Å². The number of carbonyl (C=O) groups excluding carboxylic acids is 1. The van der Waals surface area contributed by atoms with E-state index >= 15 is 0 Å². The van der Waals surface area contributed by atoms with Gasteiger partial charge in [-0.05, 0) is 31.4 Å². The minimum absolute atomic E-state index is 0.148. The standard InChI is InChI=1S/C13H21N3OS/c1-3-7-18-9-13(17)15-11-5-4-6-12-10(11)8-14-16(12)2/h8,11H,3-7,9H2,1-2H3,(H,15,17). The molecule has 1 aromatic heterocycles. The van der Waals surface area contributed by atoms with Crippen LogP contribution >= 0.6 is 11.8 Å². The second-order valence-corrected chi connectivity index (χ2v) is 5.84. The van der Waals surface area contributed by atoms with Crippen LogP contribution in [-0.4, -0.2) is 27.2 Å². The molecular weight excluding hydrogens is 246 g/mol. The summed E-state index contributed by atoms with van der Waals surface area (Å²) in [6, 6.07) is 0.164. The highest BCUT2D eigenvalue weighted by atomic mass is 32.2. The molecule has 1 aliphatic carbocycles. The summed E-state index contributed by atoms with van der Waals surface area (Å²) in [7, 11) is 1.97. The fourth-order valence-electron chi connectivity index (χ4n) is 2.40. The molecule has 0 bridgehead atoms. The first-order valence-corrected chi connectivity index (χ1v) is 7.75. The van der Waals surface area contributed by atoms with E-state index in [1.807, 2.05) is 17.9 Å². The lowest BCUT2D eigenvalue weighted by Gasteiger charge is -2.23. The van der Waals surface area contributed by atoms with Gasteiger partial charge >= 0.3 is 0 Å². The number of thioether (sulfide) groups is 1. The van der Waals surface area contributed by atoms with E-state index in [-0.39, 0.29) is 11.9 Å². The number of carbonyl (C=O) groups is 1. The molecule has 0 spiro atoms. The third-order valence-electron chi connectivity index (χ3n) is 3.29. The Morgan fingerprint density at radius 3 is 3.28 bits per heavy atom. The van der Waals surface area contributed by atoms with Crippen LogP contribution in [-0.2, 0) is 18.3 Å². The molecule has 1 amide bonds. The molecule has 2 rings (SSSR count). The molecule has 0 saturated heterocycles. The number of hydrogen-bond donors (Lipinski definition) is 1.